The Kier molecular flexibility index (Phi) is 6.59. The Morgan fingerprint density at radius 3 is 2.48 bits per heavy atom. The smallest absolute Gasteiger partial charge is 0.293 e. The average Bonchev–Trinajstić information content (AvgIpc) is 3.04. The number of methoxy groups -OCH3 is 2. The number of hydrogen-bond donors (Lipinski definition) is 1. The highest BCUT2D eigenvalue weighted by molar-refractivity contribution is 5.82. The number of nitrogens with zero attached hydrogens (tertiary/aromatic N) is 3. The molecule has 0 spiro atoms. The molecule has 3 aromatic rings. The first-order valence-electron chi connectivity index (χ1n) is 9.77. The van der Waals surface area contributed by atoms with Crippen LogP contribution in [0.1, 0.15) is 28.1 Å². The zero-order valence-corrected chi connectivity index (χ0v) is 18.3. The van der Waals surface area contributed by atoms with E-state index in [0.717, 1.165) is 28.1 Å². The third-order valence-electron chi connectivity index (χ3n) is 5.06. The summed E-state index contributed by atoms with van der Waals surface area (Å²) < 4.78 is 12.4. The number of ether oxygens (including phenoxy) is 2. The Balaban J connectivity index is 1.79. The number of nitro groups is 1. The van der Waals surface area contributed by atoms with Crippen molar-refractivity contribution in [3.63, 3.8) is 0 Å². The van der Waals surface area contributed by atoms with E-state index in [1.165, 1.54) is 0 Å². The van der Waals surface area contributed by atoms with Gasteiger partial charge < -0.3 is 19.5 Å². The highest BCUT2D eigenvalue weighted by Crippen LogP contribution is 2.29. The molecule has 0 atom stereocenters. The van der Waals surface area contributed by atoms with Crippen LogP contribution in [0.25, 0.3) is 5.69 Å². The van der Waals surface area contributed by atoms with Gasteiger partial charge in [-0.3, -0.25) is 10.1 Å². The molecule has 0 bridgehead atoms. The third-order valence-corrected chi connectivity index (χ3v) is 5.06. The van der Waals surface area contributed by atoms with Gasteiger partial charge in [-0.2, -0.15) is 5.10 Å². The molecule has 2 aromatic carbocycles. The molecule has 31 heavy (non-hydrogen) atoms. The van der Waals surface area contributed by atoms with Gasteiger partial charge in [0.05, 0.1) is 31.9 Å². The second-order valence-corrected chi connectivity index (χ2v) is 7.19. The monoisotopic (exact) mass is 422 g/mol. The number of nitro benzene ring substituents is 1. The van der Waals surface area contributed by atoms with Crippen LogP contribution in [0, 0.1) is 30.9 Å². The molecule has 0 aliphatic rings. The molecule has 1 heterocycles. The number of aromatic nitrogens is 1. The number of hydrazone groups is 1. The SMILES string of the molecule is COc1ccc(CN/N=C/c2cc(C)n(-c3ccc(C)cc3[N+](=O)[O-])c2C)cc1OC. The lowest BCUT2D eigenvalue weighted by Crippen LogP contribution is -2.07. The summed E-state index contributed by atoms with van der Waals surface area (Å²) in [6.07, 6.45) is 1.72. The summed E-state index contributed by atoms with van der Waals surface area (Å²) in [5.41, 5.74) is 8.15. The largest absolute Gasteiger partial charge is 0.493 e. The number of benzene rings is 2. The predicted octanol–water partition coefficient (Wildman–Crippen LogP) is 4.45. The minimum absolute atomic E-state index is 0.0804. The minimum Gasteiger partial charge on any atom is -0.493 e. The van der Waals surface area contributed by atoms with E-state index in [4.69, 9.17) is 9.47 Å². The van der Waals surface area contributed by atoms with Crippen LogP contribution in [0.4, 0.5) is 5.69 Å². The second kappa shape index (κ2) is 9.34. The van der Waals surface area contributed by atoms with Crippen LogP contribution >= 0.6 is 0 Å². The highest BCUT2D eigenvalue weighted by atomic mass is 16.6. The van der Waals surface area contributed by atoms with Crippen LogP contribution in [0.3, 0.4) is 0 Å². The quantitative estimate of drug-likeness (QED) is 0.329. The maximum Gasteiger partial charge on any atom is 0.293 e. The van der Waals surface area contributed by atoms with E-state index >= 15 is 0 Å². The van der Waals surface area contributed by atoms with E-state index in [1.54, 1.807) is 32.6 Å². The van der Waals surface area contributed by atoms with Gasteiger partial charge in [-0.25, -0.2) is 0 Å². The van der Waals surface area contributed by atoms with Gasteiger partial charge in [0, 0.05) is 23.0 Å². The fraction of sp³-hybridized carbons (Fsp3) is 0.261. The standard InChI is InChI=1S/C23H26N4O4/c1-15-6-8-20(21(10-15)27(28)29)26-16(2)11-19(17(26)3)14-25-24-13-18-7-9-22(30-4)23(12-18)31-5/h6-12,14,24H,13H2,1-5H3/b25-14+. The van der Waals surface area contributed by atoms with Crippen LogP contribution in [-0.4, -0.2) is 29.9 Å². The summed E-state index contributed by atoms with van der Waals surface area (Å²) >= 11 is 0. The number of rotatable bonds is 8. The van der Waals surface area contributed by atoms with Crippen molar-refractivity contribution in [2.75, 3.05) is 14.2 Å². The van der Waals surface area contributed by atoms with Gasteiger partial charge in [0.15, 0.2) is 11.5 Å². The molecule has 0 aliphatic heterocycles. The van der Waals surface area contributed by atoms with E-state index < -0.39 is 0 Å². The van der Waals surface area contributed by atoms with E-state index in [2.05, 4.69) is 10.5 Å². The summed E-state index contributed by atoms with van der Waals surface area (Å²) in [6.45, 7) is 6.20. The Morgan fingerprint density at radius 2 is 1.81 bits per heavy atom. The van der Waals surface area contributed by atoms with Crippen LogP contribution < -0.4 is 14.9 Å². The maximum atomic E-state index is 11.5. The predicted molar refractivity (Wildman–Crippen MR) is 121 cm³/mol. The average molecular weight is 422 g/mol. The summed E-state index contributed by atoms with van der Waals surface area (Å²) in [6, 6.07) is 12.9. The molecule has 0 fully saturated rings. The normalized spacial score (nSPS) is 11.0. The fourth-order valence-electron chi connectivity index (χ4n) is 3.50. The molecule has 1 N–H and O–H groups in total. The molecular formula is C23H26N4O4. The van der Waals surface area contributed by atoms with Crippen LogP contribution in [0.2, 0.25) is 0 Å². The first-order valence-corrected chi connectivity index (χ1v) is 9.77. The Labute approximate surface area is 181 Å². The Hall–Kier alpha value is -3.81. The van der Waals surface area contributed by atoms with Crippen molar-refractivity contribution in [2.24, 2.45) is 5.10 Å². The minimum atomic E-state index is -0.348. The van der Waals surface area contributed by atoms with E-state index in [-0.39, 0.29) is 10.6 Å². The van der Waals surface area contributed by atoms with Crippen molar-refractivity contribution in [3.8, 4) is 17.2 Å². The summed E-state index contributed by atoms with van der Waals surface area (Å²) in [5.74, 6) is 1.33. The van der Waals surface area contributed by atoms with Crippen molar-refractivity contribution < 1.29 is 14.4 Å². The Bertz CT molecular complexity index is 1130. The van der Waals surface area contributed by atoms with E-state index in [0.29, 0.717) is 23.7 Å². The lowest BCUT2D eigenvalue weighted by molar-refractivity contribution is -0.384. The fourth-order valence-corrected chi connectivity index (χ4v) is 3.50. The molecule has 0 amide bonds. The maximum absolute atomic E-state index is 11.5. The van der Waals surface area contributed by atoms with Gasteiger partial charge in [0.1, 0.15) is 5.69 Å². The number of hydrogen-bond acceptors (Lipinski definition) is 6. The van der Waals surface area contributed by atoms with Gasteiger partial charge >= 0.3 is 0 Å². The highest BCUT2D eigenvalue weighted by Gasteiger charge is 2.19. The third kappa shape index (κ3) is 4.69. The molecular weight excluding hydrogens is 396 g/mol. The lowest BCUT2D eigenvalue weighted by atomic mass is 10.2. The van der Waals surface area contributed by atoms with Crippen molar-refractivity contribution >= 4 is 11.9 Å². The molecule has 0 aliphatic carbocycles. The van der Waals surface area contributed by atoms with Crippen molar-refractivity contribution in [2.45, 2.75) is 27.3 Å². The van der Waals surface area contributed by atoms with Gasteiger partial charge in [-0.1, -0.05) is 12.1 Å². The number of aryl methyl sites for hydroxylation is 2. The van der Waals surface area contributed by atoms with Crippen LogP contribution in [-0.2, 0) is 6.54 Å². The summed E-state index contributed by atoms with van der Waals surface area (Å²) in [7, 11) is 3.20. The second-order valence-electron chi connectivity index (χ2n) is 7.19. The first-order chi connectivity index (χ1) is 14.8. The molecule has 8 nitrogen and oxygen atoms in total. The zero-order chi connectivity index (χ0) is 22.5. The van der Waals surface area contributed by atoms with Crippen LogP contribution in [0.5, 0.6) is 11.5 Å². The summed E-state index contributed by atoms with van der Waals surface area (Å²) in [5, 5.41) is 15.9. The van der Waals surface area contributed by atoms with Gasteiger partial charge in [0.25, 0.3) is 5.69 Å². The Morgan fingerprint density at radius 1 is 1.06 bits per heavy atom. The molecule has 1 aromatic heterocycles. The molecule has 0 unspecified atom stereocenters. The molecule has 0 saturated carbocycles. The molecule has 162 valence electrons. The van der Waals surface area contributed by atoms with E-state index in [9.17, 15) is 10.1 Å². The summed E-state index contributed by atoms with van der Waals surface area (Å²) in [4.78, 5) is 11.2. The zero-order valence-electron chi connectivity index (χ0n) is 18.3. The van der Waals surface area contributed by atoms with Crippen molar-refractivity contribution in [1.82, 2.24) is 9.99 Å². The van der Waals surface area contributed by atoms with Gasteiger partial charge in [-0.15, -0.1) is 0 Å². The van der Waals surface area contributed by atoms with Crippen molar-refractivity contribution in [1.29, 1.82) is 0 Å². The molecule has 8 heteroatoms. The van der Waals surface area contributed by atoms with Crippen LogP contribution in [0.15, 0.2) is 47.6 Å². The molecule has 3 rings (SSSR count). The molecule has 0 saturated heterocycles. The lowest BCUT2D eigenvalue weighted by Gasteiger charge is -2.11. The molecule has 0 radical (unpaired) electrons. The van der Waals surface area contributed by atoms with Crippen molar-refractivity contribution in [3.05, 3.63) is 80.7 Å². The number of nitrogens with one attached hydrogen (secondary N) is 1. The van der Waals surface area contributed by atoms with E-state index in [1.807, 2.05) is 55.7 Å². The van der Waals surface area contributed by atoms with Gasteiger partial charge in [0.2, 0.25) is 0 Å². The van der Waals surface area contributed by atoms with Gasteiger partial charge in [-0.05, 0) is 56.2 Å². The topological polar surface area (TPSA) is 90.9 Å². The first kappa shape index (κ1) is 21.9.